The van der Waals surface area contributed by atoms with Crippen molar-refractivity contribution in [3.8, 4) is 0 Å². The monoisotopic (exact) mass is 729 g/mol. The van der Waals surface area contributed by atoms with Crippen LogP contribution >= 0.6 is 0 Å². The largest absolute Gasteiger partial charge is 0.405 e. The molecule has 1 unspecified atom stereocenters. The van der Waals surface area contributed by atoms with Gasteiger partial charge in [0, 0.05) is 19.3 Å². The van der Waals surface area contributed by atoms with Gasteiger partial charge in [0.25, 0.3) is 0 Å². The molecule has 0 bridgehead atoms. The first-order valence-corrected chi connectivity index (χ1v) is 22.8. The fourth-order valence-corrected chi connectivity index (χ4v) is 8.51. The molecule has 1 rings (SSSR count). The van der Waals surface area contributed by atoms with Crippen molar-refractivity contribution < 1.29 is 31.5 Å². The zero-order chi connectivity index (χ0) is 37.0. The fraction of sp³-hybridized carbons (Fsp3) is 0.952. The maximum absolute atomic E-state index is 13.6. The molecular weight excluding hydrogens is 649 g/mol. The first-order valence-electron chi connectivity index (χ1n) is 21.4. The molecule has 1 N–H and O–H groups in total. The average Bonchev–Trinajstić information content (AvgIpc) is 3.06. The number of rotatable bonds is 37. The molecule has 8 heteroatoms. The lowest BCUT2D eigenvalue weighted by Gasteiger charge is -2.45. The molecule has 1 heterocycles. The minimum absolute atomic E-state index is 0.213. The second-order valence-corrected chi connectivity index (χ2v) is 17.0. The van der Waals surface area contributed by atoms with E-state index in [0.29, 0.717) is 12.8 Å². The summed E-state index contributed by atoms with van der Waals surface area (Å²) in [5.41, 5.74) is -1.47. The van der Waals surface area contributed by atoms with Gasteiger partial charge in [-0.15, -0.1) is 0 Å². The van der Waals surface area contributed by atoms with E-state index < -0.39 is 27.7 Å². The molecule has 0 aromatic heterocycles. The lowest BCUT2D eigenvalue weighted by molar-refractivity contribution is -0.252. The smallest absolute Gasteiger partial charge is 0.388 e. The highest BCUT2D eigenvalue weighted by atomic mass is 32.3. The Balaban J connectivity index is 2.37. The normalized spacial score (nSPS) is 15.9. The molecule has 0 aromatic carbocycles. The van der Waals surface area contributed by atoms with E-state index in [2.05, 4.69) is 13.8 Å². The van der Waals surface area contributed by atoms with Crippen molar-refractivity contribution in [1.82, 2.24) is 0 Å². The average molecular weight is 729 g/mol. The summed E-state index contributed by atoms with van der Waals surface area (Å²) in [6, 6.07) is 0. The van der Waals surface area contributed by atoms with Crippen LogP contribution in [0.2, 0.25) is 0 Å². The molecule has 0 spiro atoms. The van der Waals surface area contributed by atoms with Gasteiger partial charge in [-0.2, -0.15) is 8.42 Å². The van der Waals surface area contributed by atoms with Crippen LogP contribution in [-0.4, -0.2) is 37.0 Å². The molecule has 0 radical (unpaired) electrons. The Hall–Kier alpha value is -0.830. The Kier molecular flexibility index (Phi) is 27.0. The second kappa shape index (κ2) is 28.6. The van der Waals surface area contributed by atoms with E-state index in [0.717, 1.165) is 38.5 Å². The Morgan fingerprint density at radius 1 is 0.520 bits per heavy atom. The molecule has 296 valence electrons. The van der Waals surface area contributed by atoms with Gasteiger partial charge in [0.05, 0.1) is 5.41 Å². The van der Waals surface area contributed by atoms with Crippen molar-refractivity contribution in [1.29, 1.82) is 0 Å². The van der Waals surface area contributed by atoms with E-state index in [-0.39, 0.29) is 30.8 Å². The number of hydrogen-bond donors (Lipinski definition) is 1. The number of hydrogen-bond acceptors (Lipinski definition) is 7. The fourth-order valence-electron chi connectivity index (χ4n) is 7.41. The summed E-state index contributed by atoms with van der Waals surface area (Å²) in [5, 5.41) is 10.4. The van der Waals surface area contributed by atoms with Crippen molar-refractivity contribution in [2.45, 2.75) is 251 Å². The summed E-state index contributed by atoms with van der Waals surface area (Å²) in [6.07, 6.45) is 35.9. The summed E-state index contributed by atoms with van der Waals surface area (Å²) in [7, 11) is -4.23. The third-order valence-corrected chi connectivity index (χ3v) is 11.9. The Bertz CT molecular complexity index is 903. The van der Waals surface area contributed by atoms with E-state index in [1.165, 1.54) is 148 Å². The molecule has 1 aliphatic rings. The van der Waals surface area contributed by atoms with Crippen molar-refractivity contribution in [2.24, 2.45) is 5.41 Å². The number of aliphatic hydroxyl groups is 1. The molecule has 1 aliphatic heterocycles. The van der Waals surface area contributed by atoms with Crippen LogP contribution in [0.3, 0.4) is 0 Å². The van der Waals surface area contributed by atoms with Gasteiger partial charge in [-0.3, -0.25) is 9.59 Å². The number of aliphatic hydroxyl groups excluding tert-OH is 1. The van der Waals surface area contributed by atoms with Crippen LogP contribution < -0.4 is 0 Å². The van der Waals surface area contributed by atoms with Crippen molar-refractivity contribution in [3.05, 3.63) is 0 Å². The lowest BCUT2D eigenvalue weighted by Crippen LogP contribution is -2.61. The van der Waals surface area contributed by atoms with Gasteiger partial charge in [-0.25, -0.2) is 8.37 Å². The summed E-state index contributed by atoms with van der Waals surface area (Å²) >= 11 is 0. The first-order chi connectivity index (χ1) is 24.0. The van der Waals surface area contributed by atoms with Crippen LogP contribution in [0.1, 0.15) is 240 Å². The van der Waals surface area contributed by atoms with Crippen molar-refractivity contribution in [3.63, 3.8) is 0 Å². The Morgan fingerprint density at radius 3 is 0.980 bits per heavy atom. The third kappa shape index (κ3) is 21.0. The van der Waals surface area contributed by atoms with Crippen molar-refractivity contribution >= 4 is 22.0 Å². The van der Waals surface area contributed by atoms with E-state index in [4.69, 9.17) is 8.37 Å². The van der Waals surface area contributed by atoms with Crippen LogP contribution in [-0.2, 0) is 28.4 Å². The quantitative estimate of drug-likeness (QED) is 0.0501. The van der Waals surface area contributed by atoms with Gasteiger partial charge in [0.15, 0.2) is 0 Å². The predicted octanol–water partition coefficient (Wildman–Crippen LogP) is 12.4. The minimum Gasteiger partial charge on any atom is -0.388 e. The molecule has 1 fully saturated rings. The summed E-state index contributed by atoms with van der Waals surface area (Å²) < 4.78 is 33.6. The number of ketones is 2. The number of carbonyl (C=O) groups is 2. The molecule has 0 aliphatic carbocycles. The van der Waals surface area contributed by atoms with Crippen LogP contribution in [0, 0.1) is 5.41 Å². The predicted molar refractivity (Wildman–Crippen MR) is 207 cm³/mol. The van der Waals surface area contributed by atoms with Gasteiger partial charge >= 0.3 is 10.4 Å². The van der Waals surface area contributed by atoms with Crippen molar-refractivity contribution in [2.75, 3.05) is 0 Å². The number of Topliss-reactive ketones (excluding diaryl/α,β-unsaturated/α-hetero) is 2. The molecule has 7 nitrogen and oxygen atoms in total. The van der Waals surface area contributed by atoms with Crippen LogP contribution in [0.25, 0.3) is 0 Å². The summed E-state index contributed by atoms with van der Waals surface area (Å²) in [5.74, 6) is -2.33. The molecule has 1 atom stereocenters. The van der Waals surface area contributed by atoms with Gasteiger partial charge in [0.1, 0.15) is 17.7 Å². The SMILES string of the molecule is CCCCCCCCCCCCCCCCCC(=O)C(C)(CC1(C(C)O)OS(=O)(=O)O1)C(=O)CCCCCCCCCCCCCCCCC. The highest BCUT2D eigenvalue weighted by molar-refractivity contribution is 7.82. The third-order valence-electron chi connectivity index (χ3n) is 11.0. The molecule has 0 saturated carbocycles. The Morgan fingerprint density at radius 2 is 0.760 bits per heavy atom. The Labute approximate surface area is 309 Å². The van der Waals surface area contributed by atoms with Crippen LogP contribution in [0.5, 0.6) is 0 Å². The van der Waals surface area contributed by atoms with Crippen LogP contribution in [0.4, 0.5) is 0 Å². The van der Waals surface area contributed by atoms with E-state index >= 15 is 0 Å². The topological polar surface area (TPSA) is 107 Å². The standard InChI is InChI=1S/C42H80O7S/c1-5-7-9-11-13-15-17-19-21-23-25-27-29-31-33-35-39(44)41(4,37-42(38(3)43)48-50(46,47)49-42)40(45)36-34-32-30-28-26-24-22-20-18-16-14-12-10-8-6-2/h38,43H,5-37H2,1-4H3. The van der Waals surface area contributed by atoms with E-state index in [1.54, 1.807) is 6.92 Å². The summed E-state index contributed by atoms with van der Waals surface area (Å²) in [4.78, 5) is 27.3. The first kappa shape index (κ1) is 47.2. The van der Waals surface area contributed by atoms with E-state index in [9.17, 15) is 23.1 Å². The highest BCUT2D eigenvalue weighted by Gasteiger charge is 2.61. The second-order valence-electron chi connectivity index (χ2n) is 15.8. The molecular formula is C42H80O7S. The molecule has 1 saturated heterocycles. The van der Waals surface area contributed by atoms with Gasteiger partial charge in [-0.1, -0.05) is 194 Å². The minimum atomic E-state index is -4.23. The van der Waals surface area contributed by atoms with Gasteiger partial charge < -0.3 is 5.11 Å². The maximum atomic E-state index is 13.6. The number of carbonyl (C=O) groups excluding carboxylic acids is 2. The van der Waals surface area contributed by atoms with Gasteiger partial charge in [-0.05, 0) is 26.7 Å². The zero-order valence-electron chi connectivity index (χ0n) is 33.2. The molecule has 0 aromatic rings. The van der Waals surface area contributed by atoms with Gasteiger partial charge in [0.2, 0.25) is 5.79 Å². The van der Waals surface area contributed by atoms with Crippen LogP contribution in [0.15, 0.2) is 0 Å². The lowest BCUT2D eigenvalue weighted by atomic mass is 9.72. The zero-order valence-corrected chi connectivity index (χ0v) is 34.0. The molecule has 0 amide bonds. The van der Waals surface area contributed by atoms with E-state index in [1.807, 2.05) is 0 Å². The highest BCUT2D eigenvalue weighted by Crippen LogP contribution is 2.45. The summed E-state index contributed by atoms with van der Waals surface area (Å²) in [6.45, 7) is 7.48. The molecule has 50 heavy (non-hydrogen) atoms. The maximum Gasteiger partial charge on any atom is 0.405 e. The number of unbranched alkanes of at least 4 members (excludes halogenated alkanes) is 28.